The van der Waals surface area contributed by atoms with Gasteiger partial charge in [0.15, 0.2) is 5.65 Å². The summed E-state index contributed by atoms with van der Waals surface area (Å²) in [4.78, 5) is 0. The molecule has 1 aliphatic rings. The molecule has 0 bridgehead atoms. The Morgan fingerprint density at radius 2 is 2.12 bits per heavy atom. The van der Waals surface area contributed by atoms with Gasteiger partial charge in [-0.15, -0.1) is 10.2 Å². The molecule has 2 aromatic heterocycles. The summed E-state index contributed by atoms with van der Waals surface area (Å²) >= 11 is 0. The molecule has 1 saturated heterocycles. The second-order valence-electron chi connectivity index (χ2n) is 4.38. The molecule has 17 heavy (non-hydrogen) atoms. The molecular formula is C12H16N4O. The first-order valence-electron chi connectivity index (χ1n) is 5.98. The van der Waals surface area contributed by atoms with E-state index < -0.39 is 0 Å². The molecular weight excluding hydrogens is 216 g/mol. The molecule has 5 nitrogen and oxygen atoms in total. The number of pyridine rings is 1. The van der Waals surface area contributed by atoms with E-state index in [4.69, 9.17) is 4.74 Å². The van der Waals surface area contributed by atoms with E-state index in [0.717, 1.165) is 43.2 Å². The first-order chi connectivity index (χ1) is 8.38. The first-order valence-corrected chi connectivity index (χ1v) is 5.98. The Morgan fingerprint density at radius 3 is 2.88 bits per heavy atom. The monoisotopic (exact) mass is 232 g/mol. The van der Waals surface area contributed by atoms with Gasteiger partial charge in [-0.3, -0.25) is 4.40 Å². The van der Waals surface area contributed by atoms with Gasteiger partial charge in [0.1, 0.15) is 11.6 Å². The van der Waals surface area contributed by atoms with Crippen LogP contribution in [0.3, 0.4) is 0 Å². The van der Waals surface area contributed by atoms with Gasteiger partial charge in [0.2, 0.25) is 0 Å². The molecule has 2 aromatic rings. The number of fused-ring (bicyclic) bond motifs is 1. The van der Waals surface area contributed by atoms with Gasteiger partial charge in [-0.1, -0.05) is 0 Å². The van der Waals surface area contributed by atoms with Gasteiger partial charge in [-0.2, -0.15) is 0 Å². The maximum Gasteiger partial charge on any atom is 0.161 e. The molecule has 1 fully saturated rings. The fourth-order valence-electron chi connectivity index (χ4n) is 2.37. The molecule has 90 valence electrons. The van der Waals surface area contributed by atoms with Crippen LogP contribution in [0.25, 0.3) is 5.65 Å². The highest BCUT2D eigenvalue weighted by atomic mass is 16.5. The molecule has 1 aliphatic heterocycles. The predicted octanol–water partition coefficient (Wildman–Crippen LogP) is 1.20. The number of piperidine rings is 1. The van der Waals surface area contributed by atoms with Crippen molar-refractivity contribution >= 4 is 5.65 Å². The van der Waals surface area contributed by atoms with Crippen molar-refractivity contribution in [3.63, 3.8) is 0 Å². The van der Waals surface area contributed by atoms with E-state index in [2.05, 4.69) is 19.9 Å². The summed E-state index contributed by atoms with van der Waals surface area (Å²) in [6.07, 6.45) is 4.21. The van der Waals surface area contributed by atoms with Crippen LogP contribution in [-0.2, 0) is 0 Å². The SMILES string of the molecule is COc1ccc2nnc(C3CCNCC3)n2c1. The highest BCUT2D eigenvalue weighted by molar-refractivity contribution is 5.41. The second kappa shape index (κ2) is 4.33. The maximum absolute atomic E-state index is 5.25. The van der Waals surface area contributed by atoms with Gasteiger partial charge >= 0.3 is 0 Å². The second-order valence-corrected chi connectivity index (χ2v) is 4.38. The molecule has 0 unspecified atom stereocenters. The van der Waals surface area contributed by atoms with E-state index in [1.54, 1.807) is 7.11 Å². The van der Waals surface area contributed by atoms with E-state index in [1.165, 1.54) is 0 Å². The molecule has 3 rings (SSSR count). The average molecular weight is 232 g/mol. The van der Waals surface area contributed by atoms with Crippen molar-refractivity contribution in [3.05, 3.63) is 24.2 Å². The Balaban J connectivity index is 2.02. The van der Waals surface area contributed by atoms with Gasteiger partial charge in [0.25, 0.3) is 0 Å². The summed E-state index contributed by atoms with van der Waals surface area (Å²) in [5, 5.41) is 11.9. The van der Waals surface area contributed by atoms with Crippen LogP contribution >= 0.6 is 0 Å². The third kappa shape index (κ3) is 1.86. The lowest BCUT2D eigenvalue weighted by atomic mass is 9.97. The number of ether oxygens (including phenoxy) is 1. The molecule has 0 atom stereocenters. The summed E-state index contributed by atoms with van der Waals surface area (Å²) in [6, 6.07) is 3.85. The Kier molecular flexibility index (Phi) is 2.68. The minimum absolute atomic E-state index is 0.498. The Bertz CT molecular complexity index is 516. The summed E-state index contributed by atoms with van der Waals surface area (Å²) in [5.41, 5.74) is 0.888. The summed E-state index contributed by atoms with van der Waals surface area (Å²) < 4.78 is 7.30. The third-order valence-electron chi connectivity index (χ3n) is 3.34. The number of methoxy groups -OCH3 is 1. The fourth-order valence-corrected chi connectivity index (χ4v) is 2.37. The number of rotatable bonds is 2. The van der Waals surface area contributed by atoms with Crippen LogP contribution in [0.1, 0.15) is 24.6 Å². The standard InChI is InChI=1S/C12H16N4O/c1-17-10-2-3-11-14-15-12(16(11)8-10)9-4-6-13-7-5-9/h2-3,8-9,13H,4-7H2,1H3. The number of nitrogens with one attached hydrogen (secondary N) is 1. The van der Waals surface area contributed by atoms with Gasteiger partial charge in [0, 0.05) is 5.92 Å². The van der Waals surface area contributed by atoms with E-state index in [0.29, 0.717) is 5.92 Å². The van der Waals surface area contributed by atoms with Crippen molar-refractivity contribution in [1.29, 1.82) is 0 Å². The highest BCUT2D eigenvalue weighted by Crippen LogP contribution is 2.25. The van der Waals surface area contributed by atoms with Crippen molar-refractivity contribution < 1.29 is 4.74 Å². The molecule has 0 aromatic carbocycles. The quantitative estimate of drug-likeness (QED) is 0.845. The molecule has 0 saturated carbocycles. The summed E-state index contributed by atoms with van der Waals surface area (Å²) in [5.74, 6) is 2.39. The van der Waals surface area contributed by atoms with Gasteiger partial charge in [-0.05, 0) is 38.1 Å². The number of aromatic nitrogens is 3. The van der Waals surface area contributed by atoms with E-state index >= 15 is 0 Å². The molecule has 0 amide bonds. The number of hydrogen-bond acceptors (Lipinski definition) is 4. The lowest BCUT2D eigenvalue weighted by molar-refractivity contribution is 0.410. The van der Waals surface area contributed by atoms with Gasteiger partial charge in [-0.25, -0.2) is 0 Å². The minimum Gasteiger partial charge on any atom is -0.495 e. The Morgan fingerprint density at radius 1 is 1.29 bits per heavy atom. The van der Waals surface area contributed by atoms with Crippen molar-refractivity contribution in [1.82, 2.24) is 19.9 Å². The van der Waals surface area contributed by atoms with Crippen LogP contribution in [0.2, 0.25) is 0 Å². The van der Waals surface area contributed by atoms with Crippen LogP contribution in [0.15, 0.2) is 18.3 Å². The van der Waals surface area contributed by atoms with Crippen molar-refractivity contribution in [2.24, 2.45) is 0 Å². The smallest absolute Gasteiger partial charge is 0.161 e. The largest absolute Gasteiger partial charge is 0.495 e. The first kappa shape index (κ1) is 10.5. The van der Waals surface area contributed by atoms with Crippen LogP contribution in [0.4, 0.5) is 0 Å². The van der Waals surface area contributed by atoms with E-state index in [9.17, 15) is 0 Å². The fraction of sp³-hybridized carbons (Fsp3) is 0.500. The third-order valence-corrected chi connectivity index (χ3v) is 3.34. The van der Waals surface area contributed by atoms with Crippen LogP contribution in [0, 0.1) is 0 Å². The van der Waals surface area contributed by atoms with Crippen molar-refractivity contribution in [3.8, 4) is 5.75 Å². The van der Waals surface area contributed by atoms with Crippen molar-refractivity contribution in [2.75, 3.05) is 20.2 Å². The molecule has 5 heteroatoms. The van der Waals surface area contributed by atoms with Crippen LogP contribution < -0.4 is 10.1 Å². The highest BCUT2D eigenvalue weighted by Gasteiger charge is 2.20. The molecule has 3 heterocycles. The van der Waals surface area contributed by atoms with Gasteiger partial charge in [0.05, 0.1) is 13.3 Å². The lowest BCUT2D eigenvalue weighted by Gasteiger charge is -2.20. The summed E-state index contributed by atoms with van der Waals surface area (Å²) in [6.45, 7) is 2.12. The van der Waals surface area contributed by atoms with E-state index in [-0.39, 0.29) is 0 Å². The van der Waals surface area contributed by atoms with Crippen LogP contribution in [-0.4, -0.2) is 34.8 Å². The Labute approximate surface area is 99.8 Å². The van der Waals surface area contributed by atoms with Crippen molar-refractivity contribution in [2.45, 2.75) is 18.8 Å². The summed E-state index contributed by atoms with van der Waals surface area (Å²) in [7, 11) is 1.68. The van der Waals surface area contributed by atoms with E-state index in [1.807, 2.05) is 18.3 Å². The zero-order valence-corrected chi connectivity index (χ0v) is 9.89. The molecule has 0 radical (unpaired) electrons. The molecule has 0 spiro atoms. The zero-order valence-electron chi connectivity index (χ0n) is 9.89. The lowest BCUT2D eigenvalue weighted by Crippen LogP contribution is -2.27. The Hall–Kier alpha value is -1.62. The van der Waals surface area contributed by atoms with Crippen LogP contribution in [0.5, 0.6) is 5.75 Å². The average Bonchev–Trinajstić information content (AvgIpc) is 2.82. The minimum atomic E-state index is 0.498. The predicted molar refractivity (Wildman–Crippen MR) is 64.4 cm³/mol. The molecule has 1 N–H and O–H groups in total. The molecule has 0 aliphatic carbocycles. The zero-order chi connectivity index (χ0) is 11.7. The topological polar surface area (TPSA) is 51.5 Å². The van der Waals surface area contributed by atoms with Gasteiger partial charge < -0.3 is 10.1 Å². The maximum atomic E-state index is 5.25. The normalized spacial score (nSPS) is 17.5. The number of nitrogens with zero attached hydrogens (tertiary/aromatic N) is 3. The number of hydrogen-bond donors (Lipinski definition) is 1.